The summed E-state index contributed by atoms with van der Waals surface area (Å²) in [6.07, 6.45) is 1.77. The van der Waals surface area contributed by atoms with Gasteiger partial charge in [0.05, 0.1) is 6.61 Å². The molecule has 0 aliphatic carbocycles. The molecule has 17 heavy (non-hydrogen) atoms. The highest BCUT2D eigenvalue weighted by molar-refractivity contribution is 7.86. The molecular weight excluding hydrogens is 244 g/mol. The van der Waals surface area contributed by atoms with Crippen molar-refractivity contribution in [3.8, 4) is 0 Å². The Balaban J connectivity index is 2.68. The lowest BCUT2D eigenvalue weighted by molar-refractivity contribution is -0.143. The van der Waals surface area contributed by atoms with E-state index in [1.165, 1.54) is 4.31 Å². The third-order valence-corrected chi connectivity index (χ3v) is 4.74. The van der Waals surface area contributed by atoms with Crippen molar-refractivity contribution in [1.29, 1.82) is 0 Å². The highest BCUT2D eigenvalue weighted by atomic mass is 32.2. The standard InChI is InChI=1S/C10H20N2O4S/c1-3-11(9-10(13)16-4-2)17(14,15)12-7-5-6-8-12/h3-9H2,1-2H3. The van der Waals surface area contributed by atoms with Gasteiger partial charge in [-0.05, 0) is 19.8 Å². The van der Waals surface area contributed by atoms with E-state index >= 15 is 0 Å². The molecule has 1 fully saturated rings. The number of likely N-dealkylation sites (N-methyl/N-ethyl adjacent to an activating group) is 1. The Morgan fingerprint density at radius 2 is 1.88 bits per heavy atom. The molecule has 0 aromatic rings. The summed E-state index contributed by atoms with van der Waals surface area (Å²) in [5.41, 5.74) is 0. The molecule has 0 aromatic carbocycles. The predicted octanol–water partition coefficient (Wildman–Crippen LogP) is 0.212. The number of carbonyl (C=O) groups excluding carboxylic acids is 1. The Hall–Kier alpha value is -0.660. The van der Waals surface area contributed by atoms with Crippen molar-refractivity contribution in [2.45, 2.75) is 26.7 Å². The minimum atomic E-state index is -3.50. The van der Waals surface area contributed by atoms with Crippen LogP contribution >= 0.6 is 0 Å². The summed E-state index contributed by atoms with van der Waals surface area (Å²) in [5.74, 6) is -0.503. The number of nitrogens with zero attached hydrogens (tertiary/aromatic N) is 2. The number of rotatable bonds is 6. The van der Waals surface area contributed by atoms with Gasteiger partial charge >= 0.3 is 5.97 Å². The zero-order chi connectivity index (χ0) is 12.9. The Morgan fingerprint density at radius 3 is 2.35 bits per heavy atom. The number of esters is 1. The zero-order valence-corrected chi connectivity index (χ0v) is 11.2. The van der Waals surface area contributed by atoms with Crippen LogP contribution in [0.2, 0.25) is 0 Å². The molecule has 0 unspecified atom stereocenters. The lowest BCUT2D eigenvalue weighted by Crippen LogP contribution is -2.44. The molecular formula is C10H20N2O4S. The summed E-state index contributed by atoms with van der Waals surface area (Å²) in [4.78, 5) is 11.3. The molecule has 0 saturated carbocycles. The molecule has 7 heteroatoms. The first-order valence-electron chi connectivity index (χ1n) is 5.93. The van der Waals surface area contributed by atoms with Crippen LogP contribution in [0.4, 0.5) is 0 Å². The highest BCUT2D eigenvalue weighted by Crippen LogP contribution is 2.16. The summed E-state index contributed by atoms with van der Waals surface area (Å²) in [7, 11) is -3.50. The fourth-order valence-electron chi connectivity index (χ4n) is 1.79. The van der Waals surface area contributed by atoms with Gasteiger partial charge in [0.25, 0.3) is 10.2 Å². The van der Waals surface area contributed by atoms with Crippen molar-refractivity contribution in [3.63, 3.8) is 0 Å². The van der Waals surface area contributed by atoms with E-state index in [2.05, 4.69) is 0 Å². The van der Waals surface area contributed by atoms with Crippen LogP contribution in [0.3, 0.4) is 0 Å². The molecule has 1 rings (SSSR count). The van der Waals surface area contributed by atoms with E-state index in [0.717, 1.165) is 17.1 Å². The van der Waals surface area contributed by atoms with Gasteiger partial charge in [0.15, 0.2) is 0 Å². The van der Waals surface area contributed by atoms with Crippen molar-refractivity contribution in [3.05, 3.63) is 0 Å². The van der Waals surface area contributed by atoms with Crippen LogP contribution in [-0.2, 0) is 19.7 Å². The van der Waals surface area contributed by atoms with Crippen molar-refractivity contribution >= 4 is 16.2 Å². The Kier molecular flexibility index (Phi) is 5.35. The topological polar surface area (TPSA) is 66.9 Å². The largest absolute Gasteiger partial charge is 0.465 e. The smallest absolute Gasteiger partial charge is 0.321 e. The van der Waals surface area contributed by atoms with Crippen LogP contribution in [0.25, 0.3) is 0 Å². The summed E-state index contributed by atoms with van der Waals surface area (Å²) >= 11 is 0. The van der Waals surface area contributed by atoms with Gasteiger partial charge in [0.1, 0.15) is 6.54 Å². The molecule has 1 saturated heterocycles. The fraction of sp³-hybridized carbons (Fsp3) is 0.900. The van der Waals surface area contributed by atoms with Gasteiger partial charge in [0, 0.05) is 19.6 Å². The SMILES string of the molecule is CCOC(=O)CN(CC)S(=O)(=O)N1CCCC1. The lowest BCUT2D eigenvalue weighted by atomic mass is 10.4. The summed E-state index contributed by atoms with van der Waals surface area (Å²) in [6.45, 7) is 4.83. The van der Waals surface area contributed by atoms with E-state index < -0.39 is 16.2 Å². The average Bonchev–Trinajstić information content (AvgIpc) is 2.80. The van der Waals surface area contributed by atoms with Gasteiger partial charge in [0.2, 0.25) is 0 Å². The fourth-order valence-corrected chi connectivity index (χ4v) is 3.43. The molecule has 0 spiro atoms. The van der Waals surface area contributed by atoms with E-state index in [-0.39, 0.29) is 19.7 Å². The molecule has 6 nitrogen and oxygen atoms in total. The Labute approximate surface area is 103 Å². The van der Waals surface area contributed by atoms with Gasteiger partial charge in [-0.25, -0.2) is 0 Å². The minimum Gasteiger partial charge on any atom is -0.465 e. The van der Waals surface area contributed by atoms with Crippen molar-refractivity contribution in [1.82, 2.24) is 8.61 Å². The van der Waals surface area contributed by atoms with Gasteiger partial charge in [-0.15, -0.1) is 0 Å². The first-order chi connectivity index (χ1) is 8.02. The average molecular weight is 264 g/mol. The molecule has 1 heterocycles. The molecule has 100 valence electrons. The summed E-state index contributed by atoms with van der Waals surface area (Å²) < 4.78 is 31.7. The van der Waals surface area contributed by atoms with Gasteiger partial charge in [-0.2, -0.15) is 17.0 Å². The van der Waals surface area contributed by atoms with Crippen LogP contribution < -0.4 is 0 Å². The second-order valence-corrected chi connectivity index (χ2v) is 5.77. The number of hydrogen-bond acceptors (Lipinski definition) is 4. The second kappa shape index (κ2) is 6.32. The molecule has 0 atom stereocenters. The molecule has 0 bridgehead atoms. The van der Waals surface area contributed by atoms with Crippen molar-refractivity contribution in [2.24, 2.45) is 0 Å². The normalized spacial score (nSPS) is 17.6. The predicted molar refractivity (Wildman–Crippen MR) is 63.6 cm³/mol. The van der Waals surface area contributed by atoms with Crippen LogP contribution in [-0.4, -0.2) is 55.8 Å². The molecule has 0 N–H and O–H groups in total. The number of ether oxygens (including phenoxy) is 1. The van der Waals surface area contributed by atoms with E-state index in [4.69, 9.17) is 4.74 Å². The van der Waals surface area contributed by atoms with Crippen LogP contribution in [0.5, 0.6) is 0 Å². The van der Waals surface area contributed by atoms with E-state index in [9.17, 15) is 13.2 Å². The van der Waals surface area contributed by atoms with Crippen molar-refractivity contribution < 1.29 is 17.9 Å². The van der Waals surface area contributed by atoms with E-state index in [0.29, 0.717) is 13.1 Å². The monoisotopic (exact) mass is 264 g/mol. The molecule has 0 aromatic heterocycles. The minimum absolute atomic E-state index is 0.205. The summed E-state index contributed by atoms with van der Waals surface area (Å²) in [6, 6.07) is 0. The second-order valence-electron chi connectivity index (χ2n) is 3.85. The maximum atomic E-state index is 12.1. The third-order valence-electron chi connectivity index (χ3n) is 2.68. The van der Waals surface area contributed by atoms with Gasteiger partial charge in [-0.3, -0.25) is 4.79 Å². The number of hydrogen-bond donors (Lipinski definition) is 0. The molecule has 0 amide bonds. The third kappa shape index (κ3) is 3.65. The molecule has 0 radical (unpaired) electrons. The van der Waals surface area contributed by atoms with Crippen LogP contribution in [0, 0.1) is 0 Å². The van der Waals surface area contributed by atoms with E-state index in [1.807, 2.05) is 0 Å². The quantitative estimate of drug-likeness (QED) is 0.643. The Morgan fingerprint density at radius 1 is 1.29 bits per heavy atom. The Bertz CT molecular complexity index is 349. The van der Waals surface area contributed by atoms with Gasteiger partial charge < -0.3 is 4.74 Å². The maximum absolute atomic E-state index is 12.1. The highest BCUT2D eigenvalue weighted by Gasteiger charge is 2.32. The number of carbonyl (C=O) groups is 1. The van der Waals surface area contributed by atoms with Crippen LogP contribution in [0.15, 0.2) is 0 Å². The lowest BCUT2D eigenvalue weighted by Gasteiger charge is -2.25. The first kappa shape index (κ1) is 14.4. The molecule has 1 aliphatic heterocycles. The first-order valence-corrected chi connectivity index (χ1v) is 7.33. The zero-order valence-electron chi connectivity index (χ0n) is 10.4. The molecule has 1 aliphatic rings. The maximum Gasteiger partial charge on any atom is 0.321 e. The van der Waals surface area contributed by atoms with Crippen molar-refractivity contribution in [2.75, 3.05) is 32.8 Å². The van der Waals surface area contributed by atoms with Gasteiger partial charge in [-0.1, -0.05) is 6.92 Å². The summed E-state index contributed by atoms with van der Waals surface area (Å²) in [5, 5.41) is 0. The van der Waals surface area contributed by atoms with E-state index in [1.54, 1.807) is 13.8 Å². The van der Waals surface area contributed by atoms with Crippen LogP contribution in [0.1, 0.15) is 26.7 Å².